The highest BCUT2D eigenvalue weighted by Crippen LogP contribution is 2.39. The van der Waals surface area contributed by atoms with Gasteiger partial charge in [-0.15, -0.1) is 0 Å². The smallest absolute Gasteiger partial charge is 0.227 e. The number of nitrogens with one attached hydrogen (secondary N) is 2. The number of H-pyrrole nitrogens is 1. The van der Waals surface area contributed by atoms with Gasteiger partial charge in [0.25, 0.3) is 0 Å². The van der Waals surface area contributed by atoms with Gasteiger partial charge in [-0.1, -0.05) is 30.3 Å². The number of nitrogens with zero attached hydrogens (tertiary/aromatic N) is 2. The van der Waals surface area contributed by atoms with E-state index >= 15 is 0 Å². The van der Waals surface area contributed by atoms with Crippen LogP contribution in [0.3, 0.4) is 0 Å². The van der Waals surface area contributed by atoms with E-state index in [1.165, 1.54) is 6.92 Å². The summed E-state index contributed by atoms with van der Waals surface area (Å²) in [5.74, 6) is -0.0829. The number of amides is 2. The third-order valence-corrected chi connectivity index (χ3v) is 6.84. The maximum absolute atomic E-state index is 13.0. The number of likely N-dealkylation sites (N-methyl/N-ethyl adjacent to an activating group) is 1. The molecule has 7 heteroatoms. The number of aromatic nitrogens is 2. The van der Waals surface area contributed by atoms with Crippen LogP contribution in [0.15, 0.2) is 30.3 Å². The van der Waals surface area contributed by atoms with Crippen molar-refractivity contribution in [3.05, 3.63) is 52.8 Å². The lowest BCUT2D eigenvalue weighted by Crippen LogP contribution is -2.45. The molecule has 1 aromatic carbocycles. The first-order valence-corrected chi connectivity index (χ1v) is 11.0. The lowest BCUT2D eigenvalue weighted by atomic mass is 9.74. The van der Waals surface area contributed by atoms with Crippen LogP contribution in [0.5, 0.6) is 0 Å². The van der Waals surface area contributed by atoms with Gasteiger partial charge in [0.1, 0.15) is 0 Å². The van der Waals surface area contributed by atoms with E-state index in [-0.39, 0.29) is 29.7 Å². The number of aliphatic hydroxyl groups is 1. The van der Waals surface area contributed by atoms with E-state index in [1.807, 2.05) is 32.0 Å². The number of aromatic amines is 1. The summed E-state index contributed by atoms with van der Waals surface area (Å²) in [6.45, 7) is 5.86. The molecule has 168 valence electrons. The van der Waals surface area contributed by atoms with Crippen molar-refractivity contribution in [1.82, 2.24) is 20.4 Å². The zero-order chi connectivity index (χ0) is 22.6. The molecule has 2 amide bonds. The first-order valence-electron chi connectivity index (χ1n) is 11.0. The number of hydrogen-bond donors (Lipinski definition) is 3. The summed E-state index contributed by atoms with van der Waals surface area (Å²) in [6.07, 6.45) is 2.42. The van der Waals surface area contributed by atoms with Crippen LogP contribution in [-0.2, 0) is 21.4 Å². The second-order valence-corrected chi connectivity index (χ2v) is 8.86. The Hall–Kier alpha value is -2.67. The summed E-state index contributed by atoms with van der Waals surface area (Å²) >= 11 is 0. The average Bonchev–Trinajstić information content (AvgIpc) is 2.97. The Bertz CT molecular complexity index is 891. The molecular weight excluding hydrogens is 392 g/mol. The van der Waals surface area contributed by atoms with E-state index in [0.717, 1.165) is 35.4 Å². The summed E-state index contributed by atoms with van der Waals surface area (Å²) in [4.78, 5) is 26.4. The van der Waals surface area contributed by atoms with E-state index in [9.17, 15) is 14.7 Å². The van der Waals surface area contributed by atoms with Gasteiger partial charge in [-0.05, 0) is 45.1 Å². The minimum atomic E-state index is -0.608. The van der Waals surface area contributed by atoms with Gasteiger partial charge in [0, 0.05) is 37.2 Å². The summed E-state index contributed by atoms with van der Waals surface area (Å²) in [5, 5.41) is 21.1. The molecule has 7 nitrogen and oxygen atoms in total. The molecule has 2 aromatic rings. The maximum atomic E-state index is 13.0. The predicted molar refractivity (Wildman–Crippen MR) is 120 cm³/mol. The van der Waals surface area contributed by atoms with Gasteiger partial charge < -0.3 is 15.3 Å². The van der Waals surface area contributed by atoms with E-state index in [0.29, 0.717) is 19.4 Å². The minimum absolute atomic E-state index is 0.0225. The van der Waals surface area contributed by atoms with Gasteiger partial charge in [0.05, 0.1) is 24.3 Å². The standard InChI is InChI=1S/C24H34N4O3/c1-16-20(17(2)27-26-16)14-23(31)28(4)21-10-12-24(13-11-22(21)30,15-25-18(3)29)19-8-6-5-7-9-19/h5-9,21-22,30H,10-15H2,1-4H3,(H,25,29)(H,26,27)/t21-,22-,24-/m1/s1. The molecule has 1 aliphatic rings. The molecule has 1 aromatic heterocycles. The number of aliphatic hydroxyl groups excluding tert-OH is 1. The van der Waals surface area contributed by atoms with Crippen LogP contribution in [0.1, 0.15) is 55.1 Å². The number of rotatable bonds is 6. The molecule has 0 saturated heterocycles. The molecule has 3 atom stereocenters. The Morgan fingerprint density at radius 1 is 1.23 bits per heavy atom. The lowest BCUT2D eigenvalue weighted by Gasteiger charge is -2.34. The first kappa shape index (κ1) is 23.0. The highest BCUT2D eigenvalue weighted by molar-refractivity contribution is 5.79. The SMILES string of the molecule is CC(=O)NC[C@]1(c2ccccc2)CC[C@@H](O)[C@H](N(C)C(=O)Cc2c(C)n[nH]c2C)CC1. The summed E-state index contributed by atoms with van der Waals surface area (Å²) in [5.41, 5.74) is 3.56. The Morgan fingerprint density at radius 2 is 1.90 bits per heavy atom. The molecular formula is C24H34N4O3. The zero-order valence-electron chi connectivity index (χ0n) is 18.9. The molecule has 0 bridgehead atoms. The molecule has 3 rings (SSSR count). The predicted octanol–water partition coefficient (Wildman–Crippen LogP) is 2.41. The van der Waals surface area contributed by atoms with Crippen LogP contribution in [-0.4, -0.2) is 57.8 Å². The van der Waals surface area contributed by atoms with E-state index < -0.39 is 6.10 Å². The monoisotopic (exact) mass is 426 g/mol. The van der Waals surface area contributed by atoms with Crippen molar-refractivity contribution in [2.75, 3.05) is 13.6 Å². The fourth-order valence-electron chi connectivity index (χ4n) is 4.76. The second-order valence-electron chi connectivity index (χ2n) is 8.86. The quantitative estimate of drug-likeness (QED) is 0.618. The van der Waals surface area contributed by atoms with Crippen molar-refractivity contribution in [1.29, 1.82) is 0 Å². The molecule has 3 N–H and O–H groups in total. The average molecular weight is 427 g/mol. The molecule has 1 heterocycles. The highest BCUT2D eigenvalue weighted by Gasteiger charge is 2.40. The van der Waals surface area contributed by atoms with E-state index in [1.54, 1.807) is 11.9 Å². The molecule has 1 aliphatic carbocycles. The molecule has 1 saturated carbocycles. The Labute approximate surface area is 184 Å². The number of carbonyl (C=O) groups is 2. The van der Waals surface area contributed by atoms with E-state index in [2.05, 4.69) is 27.6 Å². The Balaban J connectivity index is 1.78. The van der Waals surface area contributed by atoms with Crippen molar-refractivity contribution in [3.63, 3.8) is 0 Å². The van der Waals surface area contributed by atoms with Crippen molar-refractivity contribution in [2.45, 2.75) is 70.4 Å². The van der Waals surface area contributed by atoms with Crippen LogP contribution >= 0.6 is 0 Å². The minimum Gasteiger partial charge on any atom is -0.391 e. The zero-order valence-corrected chi connectivity index (χ0v) is 18.9. The van der Waals surface area contributed by atoms with Crippen molar-refractivity contribution in [3.8, 4) is 0 Å². The van der Waals surface area contributed by atoms with Gasteiger partial charge in [-0.3, -0.25) is 14.7 Å². The molecule has 0 radical (unpaired) electrons. The van der Waals surface area contributed by atoms with E-state index in [4.69, 9.17) is 0 Å². The topological polar surface area (TPSA) is 98.3 Å². The van der Waals surface area contributed by atoms with Crippen LogP contribution in [0.25, 0.3) is 0 Å². The summed E-state index contributed by atoms with van der Waals surface area (Å²) < 4.78 is 0. The largest absolute Gasteiger partial charge is 0.391 e. The van der Waals surface area contributed by atoms with Crippen LogP contribution in [0, 0.1) is 13.8 Å². The highest BCUT2D eigenvalue weighted by atomic mass is 16.3. The van der Waals surface area contributed by atoms with Crippen LogP contribution in [0.4, 0.5) is 0 Å². The van der Waals surface area contributed by atoms with Gasteiger partial charge in [-0.25, -0.2) is 0 Å². The summed E-state index contributed by atoms with van der Waals surface area (Å²) in [6, 6.07) is 9.92. The van der Waals surface area contributed by atoms with Gasteiger partial charge in [0.2, 0.25) is 11.8 Å². The van der Waals surface area contributed by atoms with Crippen molar-refractivity contribution >= 4 is 11.8 Å². The third kappa shape index (κ3) is 5.15. The fourth-order valence-corrected chi connectivity index (χ4v) is 4.76. The molecule has 31 heavy (non-hydrogen) atoms. The normalized spacial score (nSPS) is 23.8. The third-order valence-electron chi connectivity index (χ3n) is 6.84. The number of hydrogen-bond acceptors (Lipinski definition) is 4. The van der Waals surface area contributed by atoms with Gasteiger partial charge >= 0.3 is 0 Å². The van der Waals surface area contributed by atoms with Crippen molar-refractivity contribution < 1.29 is 14.7 Å². The fraction of sp³-hybridized carbons (Fsp3) is 0.542. The molecule has 1 fully saturated rings. The van der Waals surface area contributed by atoms with Gasteiger partial charge in [-0.2, -0.15) is 5.10 Å². The summed E-state index contributed by atoms with van der Waals surface area (Å²) in [7, 11) is 1.78. The van der Waals surface area contributed by atoms with Crippen LogP contribution < -0.4 is 5.32 Å². The number of aryl methyl sites for hydroxylation is 2. The Morgan fingerprint density at radius 3 is 2.52 bits per heavy atom. The Kier molecular flexibility index (Phi) is 7.15. The lowest BCUT2D eigenvalue weighted by molar-refractivity contribution is -0.133. The number of carbonyl (C=O) groups excluding carboxylic acids is 2. The first-order chi connectivity index (χ1) is 14.7. The van der Waals surface area contributed by atoms with Crippen molar-refractivity contribution in [2.24, 2.45) is 0 Å². The maximum Gasteiger partial charge on any atom is 0.227 e. The number of benzene rings is 1. The molecule has 0 spiro atoms. The van der Waals surface area contributed by atoms with Crippen LogP contribution in [0.2, 0.25) is 0 Å². The molecule has 0 unspecified atom stereocenters. The second kappa shape index (κ2) is 9.64. The van der Waals surface area contributed by atoms with Gasteiger partial charge in [0.15, 0.2) is 0 Å². The molecule has 0 aliphatic heterocycles.